The van der Waals surface area contributed by atoms with Crippen LogP contribution in [0.25, 0.3) is 0 Å². The van der Waals surface area contributed by atoms with Crippen molar-refractivity contribution in [3.8, 4) is 11.5 Å². The van der Waals surface area contributed by atoms with Crippen LogP contribution in [0.4, 0.5) is 0 Å². The van der Waals surface area contributed by atoms with E-state index in [1.807, 2.05) is 13.8 Å². The molecule has 0 atom stereocenters. The fourth-order valence-corrected chi connectivity index (χ4v) is 1.85. The summed E-state index contributed by atoms with van der Waals surface area (Å²) in [6.45, 7) is 9.11. The fraction of sp³-hybridized carbons (Fsp3) is 0.556. The number of benzene rings is 1. The maximum absolute atomic E-state index is 12.1. The average molecular weight is 336 g/mol. The fourth-order valence-electron chi connectivity index (χ4n) is 1.85. The molecule has 1 rings (SSSR count). The lowest BCUT2D eigenvalue weighted by Gasteiger charge is -2.14. The molecule has 6 nitrogen and oxygen atoms in total. The van der Waals surface area contributed by atoms with Crippen molar-refractivity contribution in [2.45, 2.75) is 27.7 Å². The zero-order valence-electron chi connectivity index (χ0n) is 15.1. The van der Waals surface area contributed by atoms with E-state index in [4.69, 9.17) is 9.47 Å². The molecule has 0 saturated heterocycles. The minimum absolute atomic E-state index is 0.0300. The molecular weight excluding hydrogens is 308 g/mol. The molecule has 0 aliphatic rings. The number of carbonyl (C=O) groups is 2. The van der Waals surface area contributed by atoms with Gasteiger partial charge in [0, 0.05) is 24.6 Å². The van der Waals surface area contributed by atoms with Crippen molar-refractivity contribution >= 4 is 11.8 Å². The number of ether oxygens (including phenoxy) is 2. The summed E-state index contributed by atoms with van der Waals surface area (Å²) in [7, 11) is 1.54. The Morgan fingerprint density at radius 2 is 1.71 bits per heavy atom. The number of hydrogen-bond donors (Lipinski definition) is 2. The van der Waals surface area contributed by atoms with E-state index in [1.165, 1.54) is 0 Å². The molecule has 0 radical (unpaired) electrons. The Bertz CT molecular complexity index is 556. The van der Waals surface area contributed by atoms with E-state index in [-0.39, 0.29) is 17.7 Å². The minimum Gasteiger partial charge on any atom is -0.493 e. The van der Waals surface area contributed by atoms with Gasteiger partial charge in [-0.15, -0.1) is 0 Å². The second kappa shape index (κ2) is 9.80. The molecule has 1 aromatic carbocycles. The number of amides is 2. The highest BCUT2D eigenvalue weighted by atomic mass is 16.5. The molecule has 0 aliphatic carbocycles. The maximum atomic E-state index is 12.1. The Kier molecular flexibility index (Phi) is 8.09. The van der Waals surface area contributed by atoms with Crippen LogP contribution in [0.3, 0.4) is 0 Å². The molecule has 1 aromatic rings. The van der Waals surface area contributed by atoms with Gasteiger partial charge < -0.3 is 20.1 Å². The zero-order chi connectivity index (χ0) is 18.1. The molecule has 0 heterocycles. The lowest BCUT2D eigenvalue weighted by Crippen LogP contribution is -2.36. The first-order valence-electron chi connectivity index (χ1n) is 8.21. The van der Waals surface area contributed by atoms with Crippen LogP contribution in [0, 0.1) is 11.8 Å². The first kappa shape index (κ1) is 19.8. The van der Waals surface area contributed by atoms with Crippen LogP contribution in [-0.4, -0.2) is 38.6 Å². The SMILES string of the molecule is COc1cc(C(=O)NCCNC(=O)C(C)C)ccc1OCC(C)C. The summed E-state index contributed by atoms with van der Waals surface area (Å²) < 4.78 is 11.0. The standard InChI is InChI=1S/C18H28N2O4/c1-12(2)11-24-15-7-6-14(10-16(15)23-5)18(22)20-9-8-19-17(21)13(3)4/h6-7,10,12-13H,8-9,11H2,1-5H3,(H,19,21)(H,20,22). The normalized spacial score (nSPS) is 10.6. The molecule has 0 spiro atoms. The highest BCUT2D eigenvalue weighted by Crippen LogP contribution is 2.28. The predicted octanol–water partition coefficient (Wildman–Crippen LogP) is 2.23. The van der Waals surface area contributed by atoms with E-state index in [0.29, 0.717) is 42.7 Å². The molecule has 0 aliphatic heterocycles. The van der Waals surface area contributed by atoms with Gasteiger partial charge in [-0.25, -0.2) is 0 Å². The van der Waals surface area contributed by atoms with Crippen molar-refractivity contribution in [1.29, 1.82) is 0 Å². The third-order valence-electron chi connectivity index (χ3n) is 3.23. The van der Waals surface area contributed by atoms with Gasteiger partial charge in [0.2, 0.25) is 5.91 Å². The molecule has 134 valence electrons. The van der Waals surface area contributed by atoms with Crippen molar-refractivity contribution in [2.24, 2.45) is 11.8 Å². The summed E-state index contributed by atoms with van der Waals surface area (Å²) in [5, 5.41) is 5.51. The molecule has 0 saturated carbocycles. The van der Waals surface area contributed by atoms with Crippen LogP contribution < -0.4 is 20.1 Å². The number of hydrogen-bond acceptors (Lipinski definition) is 4. The van der Waals surface area contributed by atoms with Gasteiger partial charge in [0.25, 0.3) is 5.91 Å². The van der Waals surface area contributed by atoms with Crippen molar-refractivity contribution in [2.75, 3.05) is 26.8 Å². The van der Waals surface area contributed by atoms with E-state index < -0.39 is 0 Å². The van der Waals surface area contributed by atoms with Gasteiger partial charge in [0.05, 0.1) is 13.7 Å². The topological polar surface area (TPSA) is 76.7 Å². The molecule has 6 heteroatoms. The predicted molar refractivity (Wildman–Crippen MR) is 93.5 cm³/mol. The summed E-state index contributed by atoms with van der Waals surface area (Å²) in [6, 6.07) is 5.08. The summed E-state index contributed by atoms with van der Waals surface area (Å²) in [5.74, 6) is 1.23. The van der Waals surface area contributed by atoms with Crippen molar-refractivity contribution in [3.05, 3.63) is 23.8 Å². The van der Waals surface area contributed by atoms with E-state index in [2.05, 4.69) is 24.5 Å². The molecule has 0 unspecified atom stereocenters. The summed E-state index contributed by atoms with van der Waals surface area (Å²) in [4.78, 5) is 23.6. The van der Waals surface area contributed by atoms with E-state index in [1.54, 1.807) is 25.3 Å². The Morgan fingerprint density at radius 1 is 1.04 bits per heavy atom. The van der Waals surface area contributed by atoms with Gasteiger partial charge in [-0.2, -0.15) is 0 Å². The lowest BCUT2D eigenvalue weighted by molar-refractivity contribution is -0.123. The first-order valence-corrected chi connectivity index (χ1v) is 8.21. The van der Waals surface area contributed by atoms with Crippen LogP contribution >= 0.6 is 0 Å². The van der Waals surface area contributed by atoms with Crippen molar-refractivity contribution < 1.29 is 19.1 Å². The number of rotatable bonds is 9. The van der Waals surface area contributed by atoms with E-state index in [9.17, 15) is 9.59 Å². The summed E-state index contributed by atoms with van der Waals surface area (Å²) >= 11 is 0. The highest BCUT2D eigenvalue weighted by Gasteiger charge is 2.12. The average Bonchev–Trinajstić information content (AvgIpc) is 2.55. The minimum atomic E-state index is -0.220. The van der Waals surface area contributed by atoms with E-state index in [0.717, 1.165) is 0 Å². The maximum Gasteiger partial charge on any atom is 0.251 e. The molecule has 24 heavy (non-hydrogen) atoms. The highest BCUT2D eigenvalue weighted by molar-refractivity contribution is 5.94. The van der Waals surface area contributed by atoms with Crippen molar-refractivity contribution in [3.63, 3.8) is 0 Å². The number of carbonyl (C=O) groups excluding carboxylic acids is 2. The third kappa shape index (κ3) is 6.48. The molecule has 0 aromatic heterocycles. The van der Waals surface area contributed by atoms with Gasteiger partial charge in [0.15, 0.2) is 11.5 Å². The first-order chi connectivity index (χ1) is 11.3. The van der Waals surface area contributed by atoms with Crippen LogP contribution in [-0.2, 0) is 4.79 Å². The monoisotopic (exact) mass is 336 g/mol. The van der Waals surface area contributed by atoms with Gasteiger partial charge >= 0.3 is 0 Å². The number of methoxy groups -OCH3 is 1. The molecule has 2 N–H and O–H groups in total. The van der Waals surface area contributed by atoms with Crippen LogP contribution in [0.1, 0.15) is 38.1 Å². The zero-order valence-corrected chi connectivity index (χ0v) is 15.1. The third-order valence-corrected chi connectivity index (χ3v) is 3.23. The van der Waals surface area contributed by atoms with Crippen LogP contribution in [0.5, 0.6) is 11.5 Å². The van der Waals surface area contributed by atoms with Gasteiger partial charge in [0.1, 0.15) is 0 Å². The Morgan fingerprint density at radius 3 is 2.29 bits per heavy atom. The van der Waals surface area contributed by atoms with Gasteiger partial charge in [-0.3, -0.25) is 9.59 Å². The van der Waals surface area contributed by atoms with Crippen molar-refractivity contribution in [1.82, 2.24) is 10.6 Å². The molecule has 0 bridgehead atoms. The van der Waals surface area contributed by atoms with Crippen LogP contribution in [0.2, 0.25) is 0 Å². The Balaban J connectivity index is 2.56. The Labute approximate surface area is 143 Å². The quantitative estimate of drug-likeness (QED) is 0.678. The molecule has 2 amide bonds. The largest absolute Gasteiger partial charge is 0.493 e. The molecule has 0 fully saturated rings. The van der Waals surface area contributed by atoms with Crippen LogP contribution in [0.15, 0.2) is 18.2 Å². The second-order valence-electron chi connectivity index (χ2n) is 6.27. The van der Waals surface area contributed by atoms with Gasteiger partial charge in [-0.1, -0.05) is 27.7 Å². The lowest BCUT2D eigenvalue weighted by atomic mass is 10.2. The molecular formula is C18H28N2O4. The second-order valence-corrected chi connectivity index (χ2v) is 6.27. The summed E-state index contributed by atoms with van der Waals surface area (Å²) in [6.07, 6.45) is 0. The smallest absolute Gasteiger partial charge is 0.251 e. The number of nitrogens with one attached hydrogen (secondary N) is 2. The van der Waals surface area contributed by atoms with Gasteiger partial charge in [-0.05, 0) is 24.1 Å². The Hall–Kier alpha value is -2.24. The summed E-state index contributed by atoms with van der Waals surface area (Å²) in [5.41, 5.74) is 0.485. The van der Waals surface area contributed by atoms with E-state index >= 15 is 0 Å².